The van der Waals surface area contributed by atoms with Gasteiger partial charge in [0.05, 0.1) is 6.54 Å². The van der Waals surface area contributed by atoms with Crippen molar-refractivity contribution in [2.75, 3.05) is 7.05 Å². The first-order valence-electron chi connectivity index (χ1n) is 6.12. The normalized spacial score (nSPS) is 10.6. The van der Waals surface area contributed by atoms with Gasteiger partial charge in [0.1, 0.15) is 11.6 Å². The Bertz CT molecular complexity index is 608. The Morgan fingerprint density at radius 3 is 2.85 bits per heavy atom. The highest BCUT2D eigenvalue weighted by atomic mass is 35.5. The summed E-state index contributed by atoms with van der Waals surface area (Å²) in [6, 6.07) is 4.41. The Hall–Kier alpha value is -1.95. The number of nitrogens with one attached hydrogen (secondary N) is 1. The quantitative estimate of drug-likeness (QED) is 0.942. The van der Waals surface area contributed by atoms with Crippen molar-refractivity contribution in [3.05, 3.63) is 46.3 Å². The van der Waals surface area contributed by atoms with Gasteiger partial charge in [-0.2, -0.15) is 0 Å². The van der Waals surface area contributed by atoms with Crippen LogP contribution in [-0.4, -0.2) is 33.0 Å². The van der Waals surface area contributed by atoms with E-state index in [1.165, 1.54) is 17.0 Å². The van der Waals surface area contributed by atoms with Gasteiger partial charge in [0.25, 0.3) is 5.91 Å². The molecule has 106 valence electrons. The van der Waals surface area contributed by atoms with E-state index in [9.17, 15) is 9.18 Å². The molecule has 1 aromatic heterocycles. The number of halogens is 2. The van der Waals surface area contributed by atoms with Crippen molar-refractivity contribution in [1.29, 1.82) is 0 Å². The number of amides is 1. The molecule has 2 rings (SSSR count). The average Bonchev–Trinajstić information content (AvgIpc) is 2.90. The molecule has 1 aromatic carbocycles. The third-order valence-corrected chi connectivity index (χ3v) is 3.22. The molecule has 0 aliphatic rings. The van der Waals surface area contributed by atoms with Gasteiger partial charge in [-0.05, 0) is 12.1 Å². The lowest BCUT2D eigenvalue weighted by Gasteiger charge is -2.16. The number of carbonyl (C=O) groups is 1. The molecule has 0 unspecified atom stereocenters. The third-order valence-electron chi connectivity index (χ3n) is 2.86. The third kappa shape index (κ3) is 2.96. The molecule has 2 aromatic rings. The molecule has 1 heterocycles. The fraction of sp³-hybridized carbons (Fsp3) is 0.308. The van der Waals surface area contributed by atoms with E-state index >= 15 is 0 Å². The van der Waals surface area contributed by atoms with Gasteiger partial charge in [0.2, 0.25) is 5.82 Å². The van der Waals surface area contributed by atoms with Crippen LogP contribution in [0, 0.1) is 5.82 Å². The number of aryl methyl sites for hydroxylation is 1. The van der Waals surface area contributed by atoms with Crippen molar-refractivity contribution < 1.29 is 9.18 Å². The minimum Gasteiger partial charge on any atom is -0.334 e. The molecule has 0 atom stereocenters. The summed E-state index contributed by atoms with van der Waals surface area (Å²) in [5.74, 6) is -0.135. The minimum absolute atomic E-state index is 0.0559. The van der Waals surface area contributed by atoms with Crippen LogP contribution in [0.15, 0.2) is 18.2 Å². The molecule has 5 nitrogen and oxygen atoms in total. The summed E-state index contributed by atoms with van der Waals surface area (Å²) in [7, 11) is 1.55. The van der Waals surface area contributed by atoms with Gasteiger partial charge in [0.15, 0.2) is 0 Å². The summed E-state index contributed by atoms with van der Waals surface area (Å²) < 4.78 is 13.7. The molecule has 0 spiro atoms. The van der Waals surface area contributed by atoms with Crippen LogP contribution in [0.4, 0.5) is 4.39 Å². The Balaban J connectivity index is 2.15. The zero-order valence-corrected chi connectivity index (χ0v) is 11.9. The summed E-state index contributed by atoms with van der Waals surface area (Å²) in [4.78, 5) is 17.5. The number of H-pyrrole nitrogens is 1. The van der Waals surface area contributed by atoms with E-state index < -0.39 is 5.82 Å². The van der Waals surface area contributed by atoms with E-state index in [-0.39, 0.29) is 28.9 Å². The van der Waals surface area contributed by atoms with Gasteiger partial charge in [-0.1, -0.05) is 24.6 Å². The van der Waals surface area contributed by atoms with Crippen LogP contribution in [0.2, 0.25) is 5.02 Å². The fourth-order valence-corrected chi connectivity index (χ4v) is 1.93. The molecular weight excluding hydrogens is 283 g/mol. The Kier molecular flexibility index (Phi) is 4.34. The molecule has 0 saturated heterocycles. The van der Waals surface area contributed by atoms with Crippen molar-refractivity contribution in [2.24, 2.45) is 0 Å². The number of nitrogens with zero attached hydrogens (tertiary/aromatic N) is 3. The van der Waals surface area contributed by atoms with Crippen LogP contribution >= 0.6 is 11.6 Å². The smallest absolute Gasteiger partial charge is 0.293 e. The largest absolute Gasteiger partial charge is 0.334 e. The van der Waals surface area contributed by atoms with Crippen LogP contribution in [0.5, 0.6) is 0 Å². The Morgan fingerprint density at radius 1 is 1.50 bits per heavy atom. The molecule has 0 bridgehead atoms. The number of rotatable bonds is 4. The first-order chi connectivity index (χ1) is 9.52. The zero-order valence-electron chi connectivity index (χ0n) is 11.2. The molecule has 0 saturated carbocycles. The van der Waals surface area contributed by atoms with Crippen LogP contribution < -0.4 is 0 Å². The van der Waals surface area contributed by atoms with Crippen molar-refractivity contribution in [1.82, 2.24) is 20.1 Å². The van der Waals surface area contributed by atoms with Gasteiger partial charge in [0, 0.05) is 24.1 Å². The lowest BCUT2D eigenvalue weighted by Crippen LogP contribution is -2.27. The highest BCUT2D eigenvalue weighted by Gasteiger charge is 2.19. The maximum absolute atomic E-state index is 13.7. The lowest BCUT2D eigenvalue weighted by molar-refractivity contribution is 0.0772. The van der Waals surface area contributed by atoms with E-state index in [1.54, 1.807) is 13.1 Å². The first-order valence-corrected chi connectivity index (χ1v) is 6.50. The number of carbonyl (C=O) groups excluding carboxylic acids is 1. The van der Waals surface area contributed by atoms with Crippen LogP contribution in [0.25, 0.3) is 0 Å². The Labute approximate surface area is 120 Å². The van der Waals surface area contributed by atoms with Gasteiger partial charge in [-0.25, -0.2) is 9.37 Å². The molecule has 1 amide bonds. The molecule has 0 aliphatic heterocycles. The summed E-state index contributed by atoms with van der Waals surface area (Å²) in [5.41, 5.74) is 0.274. The predicted molar refractivity (Wildman–Crippen MR) is 73.0 cm³/mol. The number of aromatic amines is 1. The average molecular weight is 297 g/mol. The standard InChI is InChI=1S/C13H14ClFN4O/c1-3-11-16-12(18-17-11)13(20)19(2)7-8-9(14)5-4-6-10(8)15/h4-6H,3,7H2,1-2H3,(H,16,17,18). The second kappa shape index (κ2) is 6.00. The fourth-order valence-electron chi connectivity index (χ4n) is 1.71. The van der Waals surface area contributed by atoms with Crippen LogP contribution in [0.1, 0.15) is 28.9 Å². The maximum Gasteiger partial charge on any atom is 0.293 e. The van der Waals surface area contributed by atoms with Crippen LogP contribution in [0.3, 0.4) is 0 Å². The SMILES string of the molecule is CCc1nc(C(=O)N(C)Cc2c(F)cccc2Cl)n[nH]1. The molecule has 0 radical (unpaired) electrons. The summed E-state index contributed by atoms with van der Waals surface area (Å²) in [6.07, 6.45) is 0.656. The highest BCUT2D eigenvalue weighted by molar-refractivity contribution is 6.31. The second-order valence-corrected chi connectivity index (χ2v) is 4.73. The number of hydrogen-bond acceptors (Lipinski definition) is 3. The molecule has 0 fully saturated rings. The second-order valence-electron chi connectivity index (χ2n) is 4.32. The van der Waals surface area contributed by atoms with Crippen molar-refractivity contribution in [2.45, 2.75) is 19.9 Å². The van der Waals surface area contributed by atoms with E-state index in [4.69, 9.17) is 11.6 Å². The number of benzene rings is 1. The van der Waals surface area contributed by atoms with Gasteiger partial charge in [-0.3, -0.25) is 9.89 Å². The summed E-state index contributed by atoms with van der Waals surface area (Å²) in [5, 5.41) is 6.80. The summed E-state index contributed by atoms with van der Waals surface area (Å²) in [6.45, 7) is 1.96. The first kappa shape index (κ1) is 14.5. The zero-order chi connectivity index (χ0) is 14.7. The minimum atomic E-state index is -0.443. The summed E-state index contributed by atoms with van der Waals surface area (Å²) >= 11 is 5.94. The topological polar surface area (TPSA) is 61.9 Å². The number of hydrogen-bond donors (Lipinski definition) is 1. The van der Waals surface area contributed by atoms with Gasteiger partial charge in [-0.15, -0.1) is 5.10 Å². The molecular formula is C13H14ClFN4O. The molecule has 1 N–H and O–H groups in total. The maximum atomic E-state index is 13.7. The van der Waals surface area contributed by atoms with Crippen molar-refractivity contribution in [3.63, 3.8) is 0 Å². The van der Waals surface area contributed by atoms with Crippen molar-refractivity contribution in [3.8, 4) is 0 Å². The molecule has 7 heteroatoms. The molecule has 20 heavy (non-hydrogen) atoms. The predicted octanol–water partition coefficient (Wildman–Crippen LogP) is 2.43. The monoisotopic (exact) mass is 296 g/mol. The van der Waals surface area contributed by atoms with Gasteiger partial charge < -0.3 is 4.90 Å². The highest BCUT2D eigenvalue weighted by Crippen LogP contribution is 2.20. The lowest BCUT2D eigenvalue weighted by atomic mass is 10.2. The molecule has 0 aliphatic carbocycles. The van der Waals surface area contributed by atoms with E-state index in [2.05, 4.69) is 15.2 Å². The Morgan fingerprint density at radius 2 is 2.25 bits per heavy atom. The van der Waals surface area contributed by atoms with E-state index in [0.717, 1.165) is 0 Å². The van der Waals surface area contributed by atoms with Crippen LogP contribution in [-0.2, 0) is 13.0 Å². The van der Waals surface area contributed by atoms with E-state index in [1.807, 2.05) is 6.92 Å². The van der Waals surface area contributed by atoms with E-state index in [0.29, 0.717) is 12.2 Å². The van der Waals surface area contributed by atoms with Gasteiger partial charge >= 0.3 is 0 Å². The van der Waals surface area contributed by atoms with Crippen molar-refractivity contribution >= 4 is 17.5 Å². The number of aromatic nitrogens is 3.